The molecule has 1 aliphatic carbocycles. The van der Waals surface area contributed by atoms with Gasteiger partial charge in [0, 0.05) is 11.1 Å². The molecular weight excluding hydrogens is 360 g/mol. The monoisotopic (exact) mass is 376 g/mol. The molecule has 0 atom stereocenters. The van der Waals surface area contributed by atoms with Crippen LogP contribution in [0.3, 0.4) is 0 Å². The van der Waals surface area contributed by atoms with Crippen molar-refractivity contribution in [2.75, 3.05) is 0 Å². The minimum Gasteiger partial charge on any atom is -0.455 e. The van der Waals surface area contributed by atoms with Crippen LogP contribution < -0.4 is 0 Å². The van der Waals surface area contributed by atoms with Crippen molar-refractivity contribution in [3.8, 4) is 10.8 Å². The van der Waals surface area contributed by atoms with Gasteiger partial charge in [-0.15, -0.1) is 11.3 Å². The third-order valence-corrected chi connectivity index (χ3v) is 5.62. The summed E-state index contributed by atoms with van der Waals surface area (Å²) in [5.74, 6) is 0.221. The van der Waals surface area contributed by atoms with Crippen molar-refractivity contribution in [1.82, 2.24) is 9.97 Å². The number of esters is 1. The van der Waals surface area contributed by atoms with E-state index in [1.54, 1.807) is 11.3 Å². The summed E-state index contributed by atoms with van der Waals surface area (Å²) in [5, 5.41) is 2.82. The van der Waals surface area contributed by atoms with Gasteiger partial charge in [0.25, 0.3) is 0 Å². The molecule has 4 aromatic rings. The van der Waals surface area contributed by atoms with E-state index in [4.69, 9.17) is 14.1 Å². The number of carbonyl (C=O) groups excluding carboxylic acids is 1. The maximum Gasteiger partial charge on any atom is 0.339 e. The Labute approximate surface area is 159 Å². The summed E-state index contributed by atoms with van der Waals surface area (Å²) >= 11 is 1.55. The van der Waals surface area contributed by atoms with Crippen LogP contribution in [0.15, 0.2) is 52.5 Å². The predicted octanol–water partition coefficient (Wildman–Crippen LogP) is 4.80. The molecule has 0 fully saturated rings. The maximum atomic E-state index is 12.9. The van der Waals surface area contributed by atoms with Crippen LogP contribution in [-0.2, 0) is 24.2 Å². The molecule has 0 radical (unpaired) electrons. The smallest absolute Gasteiger partial charge is 0.339 e. The zero-order valence-corrected chi connectivity index (χ0v) is 15.3. The average Bonchev–Trinajstić information content (AvgIpc) is 3.45. The number of nitrogens with zero attached hydrogens (tertiary/aromatic N) is 2. The molecule has 0 saturated heterocycles. The second-order valence-electron chi connectivity index (χ2n) is 6.48. The van der Waals surface area contributed by atoms with E-state index in [0.29, 0.717) is 17.1 Å². The van der Waals surface area contributed by atoms with Gasteiger partial charge in [0.2, 0.25) is 5.89 Å². The van der Waals surface area contributed by atoms with Gasteiger partial charge in [0.05, 0.1) is 16.0 Å². The van der Waals surface area contributed by atoms with Crippen LogP contribution >= 0.6 is 11.3 Å². The van der Waals surface area contributed by atoms with E-state index >= 15 is 0 Å². The van der Waals surface area contributed by atoms with E-state index in [1.165, 1.54) is 6.26 Å². The van der Waals surface area contributed by atoms with Gasteiger partial charge in [-0.05, 0) is 42.3 Å². The van der Waals surface area contributed by atoms with Gasteiger partial charge in [-0.25, -0.2) is 9.78 Å². The summed E-state index contributed by atoms with van der Waals surface area (Å²) in [4.78, 5) is 23.0. The van der Waals surface area contributed by atoms with Crippen LogP contribution in [0.5, 0.6) is 0 Å². The molecule has 5 nitrogen and oxygen atoms in total. The number of hydrogen-bond acceptors (Lipinski definition) is 6. The summed E-state index contributed by atoms with van der Waals surface area (Å²) in [6.45, 7) is 0.0825. The highest BCUT2D eigenvalue weighted by atomic mass is 32.1. The molecule has 0 bridgehead atoms. The second kappa shape index (κ2) is 6.63. The highest BCUT2D eigenvalue weighted by Crippen LogP contribution is 2.31. The Kier molecular flexibility index (Phi) is 3.98. The lowest BCUT2D eigenvalue weighted by Gasteiger charge is -2.11. The standard InChI is InChI=1S/C21H16N2O3S/c24-21(26-12-13-11-25-20(22-13)18-9-4-10-27-18)19-14-5-1-2-7-16(14)23-17-8-3-6-15(17)19/h1-2,4-5,7,9-11H,3,6,8,12H2. The number of oxazole rings is 1. The number of aromatic nitrogens is 2. The number of carbonyl (C=O) groups is 1. The van der Waals surface area contributed by atoms with E-state index in [9.17, 15) is 4.79 Å². The lowest BCUT2D eigenvalue weighted by molar-refractivity contribution is 0.0469. The Balaban J connectivity index is 1.42. The van der Waals surface area contributed by atoms with Crippen molar-refractivity contribution >= 4 is 28.2 Å². The number of aryl methyl sites for hydroxylation is 1. The summed E-state index contributed by atoms with van der Waals surface area (Å²) in [6, 6.07) is 11.6. The van der Waals surface area contributed by atoms with Crippen LogP contribution in [0.25, 0.3) is 21.7 Å². The molecule has 3 heterocycles. The van der Waals surface area contributed by atoms with Crippen LogP contribution in [0.4, 0.5) is 0 Å². The zero-order chi connectivity index (χ0) is 18.2. The van der Waals surface area contributed by atoms with Crippen LogP contribution in [0.2, 0.25) is 0 Å². The van der Waals surface area contributed by atoms with Crippen molar-refractivity contribution in [2.45, 2.75) is 25.9 Å². The van der Waals surface area contributed by atoms with E-state index in [-0.39, 0.29) is 12.6 Å². The van der Waals surface area contributed by atoms with E-state index in [0.717, 1.165) is 46.3 Å². The molecule has 0 saturated carbocycles. The van der Waals surface area contributed by atoms with Crippen molar-refractivity contribution in [1.29, 1.82) is 0 Å². The minimum atomic E-state index is -0.326. The lowest BCUT2D eigenvalue weighted by atomic mass is 10.0. The third-order valence-electron chi connectivity index (χ3n) is 4.76. The molecule has 27 heavy (non-hydrogen) atoms. The molecule has 0 spiro atoms. The number of thiophene rings is 1. The lowest BCUT2D eigenvalue weighted by Crippen LogP contribution is -2.10. The number of ether oxygens (including phenoxy) is 1. The molecular formula is C21H16N2O3S. The first-order chi connectivity index (χ1) is 13.3. The van der Waals surface area contributed by atoms with Crippen LogP contribution in [0.1, 0.15) is 33.7 Å². The average molecular weight is 376 g/mol. The SMILES string of the molecule is O=C(OCc1coc(-c2cccs2)n1)c1c2c(nc3ccccc13)CCC2. The van der Waals surface area contributed by atoms with Gasteiger partial charge in [0.1, 0.15) is 18.6 Å². The fourth-order valence-corrected chi connectivity index (χ4v) is 4.20. The first-order valence-electron chi connectivity index (χ1n) is 8.85. The Morgan fingerprint density at radius 1 is 1.15 bits per heavy atom. The van der Waals surface area contributed by atoms with E-state index in [2.05, 4.69) is 4.98 Å². The van der Waals surface area contributed by atoms with Gasteiger partial charge in [-0.1, -0.05) is 24.3 Å². The van der Waals surface area contributed by atoms with Crippen LogP contribution in [-0.4, -0.2) is 15.9 Å². The molecule has 0 N–H and O–H groups in total. The summed E-state index contributed by atoms with van der Waals surface area (Å²) in [6.07, 6.45) is 4.34. The molecule has 5 rings (SSSR count). The number of fused-ring (bicyclic) bond motifs is 2. The largest absolute Gasteiger partial charge is 0.455 e. The number of hydrogen-bond donors (Lipinski definition) is 0. The number of pyridine rings is 1. The topological polar surface area (TPSA) is 65.2 Å². The fourth-order valence-electron chi connectivity index (χ4n) is 3.54. The maximum absolute atomic E-state index is 12.9. The Morgan fingerprint density at radius 2 is 2.07 bits per heavy atom. The molecule has 3 aromatic heterocycles. The van der Waals surface area contributed by atoms with Crippen molar-refractivity contribution in [3.63, 3.8) is 0 Å². The predicted molar refractivity (Wildman–Crippen MR) is 103 cm³/mol. The van der Waals surface area contributed by atoms with Gasteiger partial charge >= 0.3 is 5.97 Å². The van der Waals surface area contributed by atoms with Gasteiger partial charge < -0.3 is 9.15 Å². The zero-order valence-electron chi connectivity index (χ0n) is 14.5. The summed E-state index contributed by atoms with van der Waals surface area (Å²) in [5.41, 5.74) is 4.13. The van der Waals surface area contributed by atoms with E-state index < -0.39 is 0 Å². The third kappa shape index (κ3) is 2.92. The molecule has 6 heteroatoms. The molecule has 1 aromatic carbocycles. The normalized spacial score (nSPS) is 13.0. The minimum absolute atomic E-state index is 0.0825. The molecule has 134 valence electrons. The van der Waals surface area contributed by atoms with Gasteiger partial charge in [0.15, 0.2) is 0 Å². The van der Waals surface area contributed by atoms with Crippen LogP contribution in [0, 0.1) is 0 Å². The summed E-state index contributed by atoms with van der Waals surface area (Å²) in [7, 11) is 0. The quantitative estimate of drug-likeness (QED) is 0.479. The first-order valence-corrected chi connectivity index (χ1v) is 9.73. The number of rotatable bonds is 4. The Bertz CT molecular complexity index is 1130. The van der Waals surface area contributed by atoms with E-state index in [1.807, 2.05) is 41.8 Å². The fraction of sp³-hybridized carbons (Fsp3) is 0.190. The Morgan fingerprint density at radius 3 is 2.96 bits per heavy atom. The van der Waals surface area contributed by atoms with Crippen molar-refractivity contribution in [3.05, 3.63) is 70.6 Å². The molecule has 0 unspecified atom stereocenters. The highest BCUT2D eigenvalue weighted by Gasteiger charge is 2.25. The second-order valence-corrected chi connectivity index (χ2v) is 7.43. The summed E-state index contributed by atoms with van der Waals surface area (Å²) < 4.78 is 11.1. The molecule has 0 aliphatic heterocycles. The number of benzene rings is 1. The van der Waals surface area contributed by atoms with Gasteiger partial charge in [-0.3, -0.25) is 4.98 Å². The number of para-hydroxylation sites is 1. The molecule has 0 amide bonds. The van der Waals surface area contributed by atoms with Gasteiger partial charge in [-0.2, -0.15) is 0 Å². The highest BCUT2D eigenvalue weighted by molar-refractivity contribution is 7.13. The first kappa shape index (κ1) is 16.2. The Hall–Kier alpha value is -2.99. The molecule has 1 aliphatic rings. The van der Waals surface area contributed by atoms with Crippen molar-refractivity contribution in [2.24, 2.45) is 0 Å². The van der Waals surface area contributed by atoms with Crippen molar-refractivity contribution < 1.29 is 13.9 Å².